The largest absolute Gasteiger partial charge is 0.381 e. The normalized spacial score (nSPS) is 19.4. The van der Waals surface area contributed by atoms with Gasteiger partial charge in [0, 0.05) is 49.8 Å². The van der Waals surface area contributed by atoms with Gasteiger partial charge in [-0.1, -0.05) is 12.1 Å². The number of amides is 1. The summed E-state index contributed by atoms with van der Waals surface area (Å²) in [6.07, 6.45) is 8.89. The molecule has 3 aromatic rings. The summed E-state index contributed by atoms with van der Waals surface area (Å²) in [5.41, 5.74) is 2.54. The molecule has 1 N–H and O–H groups in total. The fourth-order valence-electron chi connectivity index (χ4n) is 6.01. The Hall–Kier alpha value is -3.27. The van der Waals surface area contributed by atoms with Crippen molar-refractivity contribution in [3.05, 3.63) is 94.6 Å². The highest BCUT2D eigenvalue weighted by atomic mass is 19.2. The van der Waals surface area contributed by atoms with Crippen molar-refractivity contribution in [2.24, 2.45) is 0 Å². The van der Waals surface area contributed by atoms with Gasteiger partial charge in [0.05, 0.1) is 23.9 Å². The zero-order chi connectivity index (χ0) is 28.1. The van der Waals surface area contributed by atoms with E-state index in [2.05, 4.69) is 9.88 Å². The van der Waals surface area contributed by atoms with Crippen LogP contribution in [0.2, 0.25) is 0 Å². The molecule has 1 saturated heterocycles. The van der Waals surface area contributed by atoms with Crippen LogP contribution in [0.5, 0.6) is 0 Å². The first-order chi connectivity index (χ1) is 19.1. The molecule has 9 heteroatoms. The Labute approximate surface area is 232 Å². The molecule has 40 heavy (non-hydrogen) atoms. The standard InChI is InChI=1S/C31H34F2N4O3/c1-30(2,39)29(38)37(23-5-6-23)28(21-4-7-25(32)26(33)15-21)27-8-3-20(16-35-27)18-36-13-10-31(11-14-36)24-17-34-12-9-22(24)19-40-31/h3-4,7-9,12,15-17,23,28,39H,5-6,10-11,13-14,18-19H2,1-2H3/t28-/m0/s1. The number of hydrogen-bond acceptors (Lipinski definition) is 6. The zero-order valence-electron chi connectivity index (χ0n) is 22.8. The maximum Gasteiger partial charge on any atom is 0.255 e. The third kappa shape index (κ3) is 5.13. The molecule has 210 valence electrons. The van der Waals surface area contributed by atoms with Gasteiger partial charge in [0.1, 0.15) is 5.60 Å². The molecule has 1 aliphatic carbocycles. The highest BCUT2D eigenvalue weighted by Crippen LogP contribution is 2.44. The minimum atomic E-state index is -1.62. The molecule has 1 amide bonds. The minimum absolute atomic E-state index is 0.0997. The topological polar surface area (TPSA) is 78.8 Å². The van der Waals surface area contributed by atoms with Gasteiger partial charge in [0.2, 0.25) is 0 Å². The predicted octanol–water partition coefficient (Wildman–Crippen LogP) is 4.63. The summed E-state index contributed by atoms with van der Waals surface area (Å²) >= 11 is 0. The van der Waals surface area contributed by atoms with Crippen LogP contribution in [0.3, 0.4) is 0 Å². The lowest BCUT2D eigenvalue weighted by molar-refractivity contribution is -0.150. The molecule has 2 aromatic heterocycles. The number of aliphatic hydroxyl groups is 1. The van der Waals surface area contributed by atoms with Crippen LogP contribution in [0.25, 0.3) is 0 Å². The zero-order valence-corrected chi connectivity index (χ0v) is 22.8. The van der Waals surface area contributed by atoms with Crippen LogP contribution in [-0.2, 0) is 28.3 Å². The lowest BCUT2D eigenvalue weighted by Gasteiger charge is -2.39. The van der Waals surface area contributed by atoms with Gasteiger partial charge in [0.25, 0.3) is 5.91 Å². The number of carbonyl (C=O) groups is 1. The average Bonchev–Trinajstić information content (AvgIpc) is 3.72. The van der Waals surface area contributed by atoms with E-state index in [-0.39, 0.29) is 11.6 Å². The Morgan fingerprint density at radius 1 is 1.15 bits per heavy atom. The summed E-state index contributed by atoms with van der Waals surface area (Å²) in [7, 11) is 0. The fraction of sp³-hybridized carbons (Fsp3) is 0.452. The number of aromatic nitrogens is 2. The first-order valence-electron chi connectivity index (χ1n) is 13.9. The van der Waals surface area contributed by atoms with Crippen molar-refractivity contribution in [3.8, 4) is 0 Å². The van der Waals surface area contributed by atoms with Gasteiger partial charge in [-0.25, -0.2) is 8.78 Å². The average molecular weight is 549 g/mol. The molecule has 3 aliphatic rings. The monoisotopic (exact) mass is 548 g/mol. The second-order valence-electron chi connectivity index (χ2n) is 11.8. The van der Waals surface area contributed by atoms with Gasteiger partial charge in [-0.05, 0) is 80.5 Å². The van der Waals surface area contributed by atoms with Crippen molar-refractivity contribution in [1.82, 2.24) is 19.8 Å². The number of piperidine rings is 1. The van der Waals surface area contributed by atoms with Crippen molar-refractivity contribution >= 4 is 5.91 Å². The molecule has 1 saturated carbocycles. The van der Waals surface area contributed by atoms with Crippen LogP contribution in [-0.4, -0.2) is 55.5 Å². The Bertz CT molecular complexity index is 1400. The fourth-order valence-corrected chi connectivity index (χ4v) is 6.01. The molecule has 0 bridgehead atoms. The Kier molecular flexibility index (Phi) is 6.92. The molecule has 7 nitrogen and oxygen atoms in total. The molecular formula is C31H34F2N4O3. The van der Waals surface area contributed by atoms with Gasteiger partial charge < -0.3 is 14.7 Å². The van der Waals surface area contributed by atoms with Crippen molar-refractivity contribution in [2.75, 3.05) is 13.1 Å². The molecule has 0 unspecified atom stereocenters. The van der Waals surface area contributed by atoms with E-state index >= 15 is 0 Å². The number of halogens is 2. The first kappa shape index (κ1) is 26.9. The van der Waals surface area contributed by atoms with Crippen LogP contribution < -0.4 is 0 Å². The number of likely N-dealkylation sites (tertiary alicyclic amines) is 1. The van der Waals surface area contributed by atoms with E-state index in [1.807, 2.05) is 30.6 Å². The second kappa shape index (κ2) is 10.3. The summed E-state index contributed by atoms with van der Waals surface area (Å²) < 4.78 is 34.4. The Balaban J connectivity index is 1.21. The van der Waals surface area contributed by atoms with Crippen molar-refractivity contribution in [1.29, 1.82) is 0 Å². The summed E-state index contributed by atoms with van der Waals surface area (Å²) in [5, 5.41) is 10.6. The lowest BCUT2D eigenvalue weighted by atomic mass is 9.84. The van der Waals surface area contributed by atoms with E-state index in [1.165, 1.54) is 31.0 Å². The van der Waals surface area contributed by atoms with Gasteiger partial charge in [-0.2, -0.15) is 0 Å². The third-order valence-electron chi connectivity index (χ3n) is 8.34. The summed E-state index contributed by atoms with van der Waals surface area (Å²) in [6, 6.07) is 8.68. The maximum absolute atomic E-state index is 14.3. The van der Waals surface area contributed by atoms with E-state index in [4.69, 9.17) is 9.72 Å². The van der Waals surface area contributed by atoms with Crippen LogP contribution in [0.1, 0.15) is 73.5 Å². The summed E-state index contributed by atoms with van der Waals surface area (Å²) in [6.45, 7) is 5.99. The number of nitrogens with zero attached hydrogens (tertiary/aromatic N) is 4. The van der Waals surface area contributed by atoms with Crippen LogP contribution in [0.4, 0.5) is 8.78 Å². The summed E-state index contributed by atoms with van der Waals surface area (Å²) in [5.74, 6) is -2.41. The van der Waals surface area contributed by atoms with Crippen LogP contribution >= 0.6 is 0 Å². The van der Waals surface area contributed by atoms with Crippen molar-refractivity contribution in [2.45, 2.75) is 76.0 Å². The van der Waals surface area contributed by atoms with Crippen LogP contribution in [0, 0.1) is 11.6 Å². The van der Waals surface area contributed by atoms with Gasteiger partial charge >= 0.3 is 0 Å². The molecule has 1 atom stereocenters. The van der Waals surface area contributed by atoms with Gasteiger partial charge in [-0.3, -0.25) is 19.7 Å². The van der Waals surface area contributed by atoms with Crippen molar-refractivity contribution in [3.63, 3.8) is 0 Å². The lowest BCUT2D eigenvalue weighted by Crippen LogP contribution is -2.48. The second-order valence-corrected chi connectivity index (χ2v) is 11.8. The highest BCUT2D eigenvalue weighted by molar-refractivity contribution is 5.85. The molecular weight excluding hydrogens is 514 g/mol. The molecule has 0 radical (unpaired) electrons. The number of fused-ring (bicyclic) bond motifs is 2. The predicted molar refractivity (Wildman–Crippen MR) is 144 cm³/mol. The molecule has 2 fully saturated rings. The quantitative estimate of drug-likeness (QED) is 0.464. The van der Waals surface area contributed by atoms with E-state index < -0.39 is 29.2 Å². The molecule has 6 rings (SSSR count). The Morgan fingerprint density at radius 2 is 1.93 bits per heavy atom. The van der Waals surface area contributed by atoms with Crippen molar-refractivity contribution < 1.29 is 23.4 Å². The smallest absolute Gasteiger partial charge is 0.255 e. The Morgan fingerprint density at radius 3 is 2.58 bits per heavy atom. The molecule has 1 spiro atoms. The van der Waals surface area contributed by atoms with E-state index in [1.54, 1.807) is 11.1 Å². The number of benzene rings is 1. The van der Waals surface area contributed by atoms with E-state index in [9.17, 15) is 18.7 Å². The van der Waals surface area contributed by atoms with Crippen LogP contribution in [0.15, 0.2) is 55.0 Å². The summed E-state index contributed by atoms with van der Waals surface area (Å²) in [4.78, 5) is 26.4. The number of pyridine rings is 2. The number of rotatable bonds is 7. The highest BCUT2D eigenvalue weighted by Gasteiger charge is 2.45. The van der Waals surface area contributed by atoms with E-state index in [0.717, 1.165) is 56.5 Å². The minimum Gasteiger partial charge on any atom is -0.381 e. The number of hydrogen-bond donors (Lipinski definition) is 1. The number of carbonyl (C=O) groups excluding carboxylic acids is 1. The van der Waals surface area contributed by atoms with Gasteiger partial charge in [-0.15, -0.1) is 0 Å². The maximum atomic E-state index is 14.3. The molecule has 4 heterocycles. The third-order valence-corrected chi connectivity index (χ3v) is 8.34. The molecule has 1 aromatic carbocycles. The first-order valence-corrected chi connectivity index (χ1v) is 13.9. The SMILES string of the molecule is CC(C)(O)C(=O)N(C1CC1)[C@@H](c1ccc(F)c(F)c1)c1ccc(CN2CCC3(CC2)OCc2ccncc23)cn1. The van der Waals surface area contributed by atoms with E-state index in [0.29, 0.717) is 24.4 Å². The molecule has 2 aliphatic heterocycles. The van der Waals surface area contributed by atoms with Gasteiger partial charge in [0.15, 0.2) is 11.6 Å². The number of ether oxygens (including phenoxy) is 1.